The number of nitrogens with one attached hydrogen (secondary N) is 1. The minimum Gasteiger partial charge on any atom is -0.465 e. The number of anilines is 2. The van der Waals surface area contributed by atoms with Crippen molar-refractivity contribution in [3.05, 3.63) is 94.8 Å². The van der Waals surface area contributed by atoms with Crippen molar-refractivity contribution in [2.45, 2.75) is 19.0 Å². The molecule has 1 heterocycles. The quantitative estimate of drug-likeness (QED) is 0.370. The van der Waals surface area contributed by atoms with Crippen molar-refractivity contribution in [3.63, 3.8) is 0 Å². The summed E-state index contributed by atoms with van der Waals surface area (Å²) < 4.78 is 18.0. The number of rotatable bonds is 7. The van der Waals surface area contributed by atoms with Crippen LogP contribution in [0, 0.1) is 5.82 Å². The van der Waals surface area contributed by atoms with Crippen LogP contribution >= 0.6 is 11.6 Å². The molecule has 0 unspecified atom stereocenters. The lowest BCUT2D eigenvalue weighted by Gasteiger charge is -2.21. The van der Waals surface area contributed by atoms with E-state index in [0.29, 0.717) is 27.5 Å². The lowest BCUT2D eigenvalue weighted by Crippen LogP contribution is -2.37. The van der Waals surface area contributed by atoms with Crippen molar-refractivity contribution < 1.29 is 28.3 Å². The average Bonchev–Trinajstić information content (AvgIpc) is 3.09. The van der Waals surface area contributed by atoms with Gasteiger partial charge in [0.2, 0.25) is 5.91 Å². The largest absolute Gasteiger partial charge is 0.465 e. The zero-order chi connectivity index (χ0) is 25.8. The number of hydrogen-bond donors (Lipinski definition) is 1. The first kappa shape index (κ1) is 24.9. The Hall–Kier alpha value is -4.24. The Kier molecular flexibility index (Phi) is 7.30. The van der Waals surface area contributed by atoms with Gasteiger partial charge in [0, 0.05) is 17.3 Å². The number of halogens is 2. The van der Waals surface area contributed by atoms with E-state index >= 15 is 0 Å². The molecule has 3 aromatic rings. The first-order valence-electron chi connectivity index (χ1n) is 10.9. The number of carbonyl (C=O) groups is 4. The Morgan fingerprint density at radius 2 is 1.61 bits per heavy atom. The van der Waals surface area contributed by atoms with Gasteiger partial charge in [-0.1, -0.05) is 23.7 Å². The fourth-order valence-corrected chi connectivity index (χ4v) is 3.95. The van der Waals surface area contributed by atoms with Gasteiger partial charge in [-0.3, -0.25) is 9.59 Å². The van der Waals surface area contributed by atoms with Crippen LogP contribution < -0.4 is 10.2 Å². The highest BCUT2D eigenvalue weighted by molar-refractivity contribution is 6.30. The molecule has 0 radical (unpaired) electrons. The topological polar surface area (TPSA) is 96.0 Å². The Balaban J connectivity index is 1.56. The average molecular weight is 510 g/mol. The maximum atomic E-state index is 13.4. The molecule has 8 nitrogen and oxygen atoms in total. The van der Waals surface area contributed by atoms with E-state index in [1.165, 1.54) is 60.5 Å². The van der Waals surface area contributed by atoms with Gasteiger partial charge in [-0.15, -0.1) is 0 Å². The number of benzene rings is 3. The van der Waals surface area contributed by atoms with E-state index in [0.717, 1.165) is 4.90 Å². The van der Waals surface area contributed by atoms with E-state index in [1.54, 1.807) is 24.3 Å². The number of urea groups is 1. The predicted molar refractivity (Wildman–Crippen MR) is 131 cm³/mol. The summed E-state index contributed by atoms with van der Waals surface area (Å²) in [6.45, 7) is 0.000710. The number of hydrogen-bond acceptors (Lipinski definition) is 5. The molecule has 36 heavy (non-hydrogen) atoms. The molecule has 4 amide bonds. The lowest BCUT2D eigenvalue weighted by atomic mass is 10.1. The third kappa shape index (κ3) is 5.36. The second-order valence-electron chi connectivity index (χ2n) is 8.02. The van der Waals surface area contributed by atoms with Gasteiger partial charge in [-0.05, 0) is 66.2 Å². The van der Waals surface area contributed by atoms with Crippen molar-refractivity contribution in [1.29, 1.82) is 0 Å². The second kappa shape index (κ2) is 10.6. The van der Waals surface area contributed by atoms with Crippen LogP contribution in [0.4, 0.5) is 20.6 Å². The molecule has 1 atom stereocenters. The molecule has 4 rings (SSSR count). The van der Waals surface area contributed by atoms with Crippen LogP contribution in [-0.2, 0) is 20.9 Å². The summed E-state index contributed by atoms with van der Waals surface area (Å²) in [7, 11) is 1.27. The number of carbonyl (C=O) groups excluding carboxylic acids is 4. The standard InChI is InChI=1S/C26H21ClFN3O5/c1-36-25(34)17-4-10-20(11-5-17)29-23(32)14-22-24(33)31(21-12-6-18(27)7-13-21)26(35)30(22)15-16-2-8-19(28)9-3-16/h2-13,22H,14-15H2,1H3,(H,29,32)/t22-/m1/s1. The third-order valence-corrected chi connectivity index (χ3v) is 5.89. The van der Waals surface area contributed by atoms with Crippen LogP contribution in [0.1, 0.15) is 22.3 Å². The minimum atomic E-state index is -1.09. The number of imide groups is 1. The monoisotopic (exact) mass is 509 g/mol. The minimum absolute atomic E-state index is 0.000710. The zero-order valence-corrected chi connectivity index (χ0v) is 19.9. The predicted octanol–water partition coefficient (Wildman–Crippen LogP) is 4.63. The van der Waals surface area contributed by atoms with Gasteiger partial charge in [0.1, 0.15) is 11.9 Å². The molecule has 0 aromatic heterocycles. The van der Waals surface area contributed by atoms with Crippen LogP contribution in [0.2, 0.25) is 5.02 Å². The van der Waals surface area contributed by atoms with Gasteiger partial charge in [-0.25, -0.2) is 18.9 Å². The smallest absolute Gasteiger partial charge is 0.337 e. The first-order chi connectivity index (χ1) is 17.3. The normalized spacial score (nSPS) is 15.2. The Labute approximate surface area is 211 Å². The molecular formula is C26H21ClFN3O5. The Morgan fingerprint density at radius 1 is 0.972 bits per heavy atom. The van der Waals surface area contributed by atoms with Crippen LogP contribution in [0.3, 0.4) is 0 Å². The second-order valence-corrected chi connectivity index (χ2v) is 8.46. The summed E-state index contributed by atoms with van der Waals surface area (Å²) in [6, 6.07) is 16.1. The van der Waals surface area contributed by atoms with Crippen LogP contribution in [-0.4, -0.2) is 41.9 Å². The summed E-state index contributed by atoms with van der Waals surface area (Å²) >= 11 is 5.94. The number of esters is 1. The van der Waals surface area contributed by atoms with Crippen molar-refractivity contribution in [2.75, 3.05) is 17.3 Å². The first-order valence-corrected chi connectivity index (χ1v) is 11.3. The fraction of sp³-hybridized carbons (Fsp3) is 0.154. The molecule has 10 heteroatoms. The molecule has 1 N–H and O–H groups in total. The molecule has 0 bridgehead atoms. The number of methoxy groups -OCH3 is 1. The van der Waals surface area contributed by atoms with Crippen molar-refractivity contribution in [1.82, 2.24) is 4.90 Å². The van der Waals surface area contributed by atoms with E-state index in [2.05, 4.69) is 10.1 Å². The summed E-state index contributed by atoms with van der Waals surface area (Å²) in [5.41, 5.74) is 1.64. The molecular weight excluding hydrogens is 489 g/mol. The van der Waals surface area contributed by atoms with Crippen LogP contribution in [0.5, 0.6) is 0 Å². The Bertz CT molecular complexity index is 1300. The summed E-state index contributed by atoms with van der Waals surface area (Å²) in [6.07, 6.45) is -0.311. The van der Waals surface area contributed by atoms with Crippen LogP contribution in [0.15, 0.2) is 72.8 Å². The molecule has 1 fully saturated rings. The fourth-order valence-electron chi connectivity index (χ4n) is 3.82. The molecule has 3 aromatic carbocycles. The van der Waals surface area contributed by atoms with Gasteiger partial charge < -0.3 is 15.0 Å². The van der Waals surface area contributed by atoms with Gasteiger partial charge in [0.15, 0.2) is 0 Å². The van der Waals surface area contributed by atoms with Gasteiger partial charge in [-0.2, -0.15) is 0 Å². The highest BCUT2D eigenvalue weighted by Gasteiger charge is 2.46. The molecule has 0 aliphatic carbocycles. The third-order valence-electron chi connectivity index (χ3n) is 5.64. The van der Waals surface area contributed by atoms with Gasteiger partial charge >= 0.3 is 12.0 Å². The maximum Gasteiger partial charge on any atom is 0.337 e. The number of ether oxygens (including phenoxy) is 1. The SMILES string of the molecule is COC(=O)c1ccc(NC(=O)C[C@@H]2C(=O)N(c3ccc(Cl)cc3)C(=O)N2Cc2ccc(F)cc2)cc1. The highest BCUT2D eigenvalue weighted by atomic mass is 35.5. The molecule has 0 spiro atoms. The van der Waals surface area contributed by atoms with E-state index in [9.17, 15) is 23.6 Å². The lowest BCUT2D eigenvalue weighted by molar-refractivity contribution is -0.124. The van der Waals surface area contributed by atoms with Crippen molar-refractivity contribution in [2.24, 2.45) is 0 Å². The number of amides is 4. The van der Waals surface area contributed by atoms with Crippen LogP contribution in [0.25, 0.3) is 0 Å². The molecule has 1 aliphatic rings. The maximum absolute atomic E-state index is 13.4. The van der Waals surface area contributed by atoms with E-state index in [4.69, 9.17) is 11.6 Å². The van der Waals surface area contributed by atoms with E-state index < -0.39 is 35.7 Å². The highest BCUT2D eigenvalue weighted by Crippen LogP contribution is 2.29. The van der Waals surface area contributed by atoms with Gasteiger partial charge in [0.05, 0.1) is 24.8 Å². The van der Waals surface area contributed by atoms with Crippen molar-refractivity contribution in [3.8, 4) is 0 Å². The molecule has 1 saturated heterocycles. The summed E-state index contributed by atoms with van der Waals surface area (Å²) in [5, 5.41) is 3.12. The van der Waals surface area contributed by atoms with E-state index in [1.807, 2.05) is 0 Å². The zero-order valence-electron chi connectivity index (χ0n) is 19.1. The molecule has 0 saturated carbocycles. The Morgan fingerprint density at radius 3 is 2.22 bits per heavy atom. The van der Waals surface area contributed by atoms with E-state index in [-0.39, 0.29) is 13.0 Å². The molecule has 1 aliphatic heterocycles. The summed E-state index contributed by atoms with van der Waals surface area (Å²) in [5.74, 6) is -2.02. The number of nitrogens with zero attached hydrogens (tertiary/aromatic N) is 2. The summed E-state index contributed by atoms with van der Waals surface area (Å²) in [4.78, 5) is 53.4. The van der Waals surface area contributed by atoms with Crippen molar-refractivity contribution >= 4 is 46.8 Å². The molecule has 184 valence electrons. The van der Waals surface area contributed by atoms with Gasteiger partial charge in [0.25, 0.3) is 5.91 Å².